The lowest BCUT2D eigenvalue weighted by molar-refractivity contribution is -0.00754. The topological polar surface area (TPSA) is 59.2 Å². The van der Waals surface area contributed by atoms with E-state index >= 15 is 0 Å². The quantitative estimate of drug-likeness (QED) is 0.902. The van der Waals surface area contributed by atoms with Gasteiger partial charge in [-0.15, -0.1) is 11.8 Å². The van der Waals surface area contributed by atoms with E-state index in [0.717, 1.165) is 17.9 Å². The van der Waals surface area contributed by atoms with Gasteiger partial charge in [-0.3, -0.25) is 0 Å². The van der Waals surface area contributed by atoms with Crippen molar-refractivity contribution in [1.29, 1.82) is 0 Å². The Labute approximate surface area is 118 Å². The fraction of sp³-hybridized carbons (Fsp3) is 0.818. The van der Waals surface area contributed by atoms with Crippen molar-refractivity contribution < 1.29 is 18.4 Å². The third kappa shape index (κ3) is 3.82. The van der Waals surface area contributed by atoms with E-state index in [0.29, 0.717) is 11.1 Å². The van der Waals surface area contributed by atoms with E-state index in [4.69, 9.17) is 9.63 Å². The number of aliphatic hydroxyl groups is 1. The van der Waals surface area contributed by atoms with Crippen molar-refractivity contribution in [2.24, 2.45) is 0 Å². The lowest BCUT2D eigenvalue weighted by atomic mass is 10.2. The smallest absolute Gasteiger partial charge is 0.264 e. The second-order valence-corrected chi connectivity index (χ2v) is 6.86. The van der Waals surface area contributed by atoms with Gasteiger partial charge in [-0.1, -0.05) is 12.1 Å². The molecule has 19 heavy (non-hydrogen) atoms. The molecule has 8 heteroatoms. The molecule has 2 heterocycles. The molecule has 1 aliphatic heterocycles. The fourth-order valence-electron chi connectivity index (χ4n) is 1.88. The molecule has 0 spiro atoms. The van der Waals surface area contributed by atoms with Crippen LogP contribution in [0.15, 0.2) is 4.52 Å². The van der Waals surface area contributed by atoms with Crippen molar-refractivity contribution in [3.05, 3.63) is 11.7 Å². The maximum Gasteiger partial charge on any atom is 0.264 e. The van der Waals surface area contributed by atoms with E-state index in [9.17, 15) is 8.78 Å². The van der Waals surface area contributed by atoms with Gasteiger partial charge in [0.1, 0.15) is 6.10 Å². The molecule has 0 bridgehead atoms. The molecule has 1 aromatic heterocycles. The predicted molar refractivity (Wildman–Crippen MR) is 71.7 cm³/mol. The van der Waals surface area contributed by atoms with Gasteiger partial charge in [0.2, 0.25) is 5.89 Å². The second-order valence-electron chi connectivity index (χ2n) is 4.26. The number of rotatable bonds is 5. The van der Waals surface area contributed by atoms with Crippen molar-refractivity contribution in [2.45, 2.75) is 42.8 Å². The van der Waals surface area contributed by atoms with E-state index < -0.39 is 12.5 Å². The first kappa shape index (κ1) is 15.1. The number of alkyl halides is 2. The van der Waals surface area contributed by atoms with Crippen molar-refractivity contribution in [2.75, 3.05) is 11.5 Å². The molecule has 3 atom stereocenters. The molecular formula is C11H16F2N2O2S2. The van der Waals surface area contributed by atoms with Crippen LogP contribution in [-0.2, 0) is 6.42 Å². The van der Waals surface area contributed by atoms with Crippen molar-refractivity contribution in [3.63, 3.8) is 0 Å². The third-order valence-corrected chi connectivity index (χ3v) is 6.11. The average Bonchev–Trinajstić information content (AvgIpc) is 2.86. The molecule has 0 aliphatic carbocycles. The zero-order valence-electron chi connectivity index (χ0n) is 10.5. The lowest BCUT2D eigenvalue weighted by Crippen LogP contribution is -2.21. The van der Waals surface area contributed by atoms with E-state index in [1.54, 1.807) is 11.8 Å². The van der Waals surface area contributed by atoms with Gasteiger partial charge < -0.3 is 9.63 Å². The van der Waals surface area contributed by atoms with Crippen LogP contribution in [0.1, 0.15) is 30.3 Å². The molecule has 0 amide bonds. The number of hydrogen-bond acceptors (Lipinski definition) is 6. The van der Waals surface area contributed by atoms with E-state index in [1.807, 2.05) is 11.8 Å². The number of nitrogens with zero attached hydrogens (tertiary/aromatic N) is 2. The minimum Gasteiger partial charge on any atom is -0.387 e. The largest absolute Gasteiger partial charge is 0.387 e. The summed E-state index contributed by atoms with van der Waals surface area (Å²) in [5.74, 6) is 2.76. The van der Waals surface area contributed by atoms with E-state index in [2.05, 4.69) is 17.1 Å². The van der Waals surface area contributed by atoms with Crippen LogP contribution in [0.2, 0.25) is 0 Å². The van der Waals surface area contributed by atoms with Gasteiger partial charge in [0, 0.05) is 16.8 Å². The molecule has 3 unspecified atom stereocenters. The third-order valence-electron chi connectivity index (χ3n) is 2.87. The average molecular weight is 310 g/mol. The van der Waals surface area contributed by atoms with Crippen LogP contribution < -0.4 is 0 Å². The van der Waals surface area contributed by atoms with Crippen LogP contribution in [0.3, 0.4) is 0 Å². The maximum absolute atomic E-state index is 12.2. The molecule has 1 aromatic rings. The fourth-order valence-corrected chi connectivity index (χ4v) is 4.86. The summed E-state index contributed by atoms with van der Waals surface area (Å²) in [7, 11) is 0. The standard InChI is InChI=1S/C11H16F2N2O2S2/c1-2-7-9(19-4-3-18-7)11-14-8(17-15-11)5-6(16)10(12)13/h6-7,9-10,16H,2-5H2,1H3. The first-order chi connectivity index (χ1) is 9.11. The van der Waals surface area contributed by atoms with Gasteiger partial charge in [0.05, 0.1) is 11.7 Å². The van der Waals surface area contributed by atoms with Crippen LogP contribution in [0.5, 0.6) is 0 Å². The molecular weight excluding hydrogens is 294 g/mol. The normalized spacial score (nSPS) is 25.7. The van der Waals surface area contributed by atoms with Gasteiger partial charge in [0.15, 0.2) is 5.82 Å². The molecule has 0 saturated carbocycles. The number of halogens is 2. The summed E-state index contributed by atoms with van der Waals surface area (Å²) < 4.78 is 29.4. The number of aromatic nitrogens is 2. The summed E-state index contributed by atoms with van der Waals surface area (Å²) >= 11 is 3.65. The van der Waals surface area contributed by atoms with Crippen molar-refractivity contribution >= 4 is 23.5 Å². The van der Waals surface area contributed by atoms with Crippen molar-refractivity contribution in [3.8, 4) is 0 Å². The molecule has 1 saturated heterocycles. The SMILES string of the molecule is CCC1SCCSC1c1noc(CC(O)C(F)F)n1. The first-order valence-electron chi connectivity index (χ1n) is 6.13. The minimum absolute atomic E-state index is 0.0776. The maximum atomic E-state index is 12.2. The Bertz CT molecular complexity index is 406. The Morgan fingerprint density at radius 1 is 1.42 bits per heavy atom. The molecule has 1 N–H and O–H groups in total. The van der Waals surface area contributed by atoms with Crippen LogP contribution in [-0.4, -0.2) is 44.5 Å². The molecule has 1 fully saturated rings. The molecule has 0 radical (unpaired) electrons. The number of hydrogen-bond donors (Lipinski definition) is 1. The van der Waals surface area contributed by atoms with E-state index in [1.165, 1.54) is 0 Å². The molecule has 4 nitrogen and oxygen atoms in total. The highest BCUT2D eigenvalue weighted by Gasteiger charge is 2.31. The van der Waals surface area contributed by atoms with Gasteiger partial charge >= 0.3 is 0 Å². The highest BCUT2D eigenvalue weighted by Crippen LogP contribution is 2.42. The zero-order valence-corrected chi connectivity index (χ0v) is 12.1. The van der Waals surface area contributed by atoms with Crippen LogP contribution in [0.4, 0.5) is 8.78 Å². The first-order valence-corrected chi connectivity index (χ1v) is 8.23. The second kappa shape index (κ2) is 6.90. The summed E-state index contributed by atoms with van der Waals surface area (Å²) in [4.78, 5) is 4.15. The highest BCUT2D eigenvalue weighted by atomic mass is 32.2. The lowest BCUT2D eigenvalue weighted by Gasteiger charge is -2.27. The summed E-state index contributed by atoms with van der Waals surface area (Å²) in [6, 6.07) is 0. The number of thioether (sulfide) groups is 2. The molecule has 108 valence electrons. The summed E-state index contributed by atoms with van der Waals surface area (Å²) in [5, 5.41) is 13.5. The monoisotopic (exact) mass is 310 g/mol. The van der Waals surface area contributed by atoms with Gasteiger partial charge in [0.25, 0.3) is 6.43 Å². The molecule has 1 aliphatic rings. The Morgan fingerprint density at radius 2 is 2.16 bits per heavy atom. The summed E-state index contributed by atoms with van der Waals surface area (Å²) in [5.41, 5.74) is 0. The summed E-state index contributed by atoms with van der Waals surface area (Å²) in [6.45, 7) is 2.11. The van der Waals surface area contributed by atoms with Crippen LogP contribution in [0, 0.1) is 0 Å². The highest BCUT2D eigenvalue weighted by molar-refractivity contribution is 8.06. The Balaban J connectivity index is 2.03. The minimum atomic E-state index is -2.79. The van der Waals surface area contributed by atoms with Crippen LogP contribution >= 0.6 is 23.5 Å². The number of aliphatic hydroxyl groups excluding tert-OH is 1. The Hall–Kier alpha value is -0.340. The summed E-state index contributed by atoms with van der Waals surface area (Å²) in [6.07, 6.45) is -3.83. The van der Waals surface area contributed by atoms with Gasteiger partial charge in [-0.2, -0.15) is 16.7 Å². The van der Waals surface area contributed by atoms with Crippen LogP contribution in [0.25, 0.3) is 0 Å². The van der Waals surface area contributed by atoms with Gasteiger partial charge in [-0.25, -0.2) is 8.78 Å². The van der Waals surface area contributed by atoms with E-state index in [-0.39, 0.29) is 17.6 Å². The Morgan fingerprint density at radius 3 is 2.84 bits per heavy atom. The molecule has 2 rings (SSSR count). The zero-order chi connectivity index (χ0) is 13.8. The van der Waals surface area contributed by atoms with Crippen molar-refractivity contribution in [1.82, 2.24) is 10.1 Å². The van der Waals surface area contributed by atoms with Gasteiger partial charge in [-0.05, 0) is 6.42 Å². The Kier molecular flexibility index (Phi) is 5.47. The molecule has 0 aromatic carbocycles. The predicted octanol–water partition coefficient (Wildman–Crippen LogP) is 2.54.